The molecule has 0 radical (unpaired) electrons. The maximum Gasteiger partial charge on any atom is 0.293 e. The van der Waals surface area contributed by atoms with Crippen LogP contribution in [0.5, 0.6) is 5.75 Å². The molecule has 0 saturated carbocycles. The Morgan fingerprint density at radius 3 is 2.55 bits per heavy atom. The van der Waals surface area contributed by atoms with E-state index in [2.05, 4.69) is 15.6 Å². The number of nitrogens with one attached hydrogen (secondary N) is 2. The van der Waals surface area contributed by atoms with Crippen molar-refractivity contribution in [1.29, 1.82) is 0 Å². The predicted octanol–water partition coefficient (Wildman–Crippen LogP) is 5.69. The zero-order chi connectivity index (χ0) is 22.6. The van der Waals surface area contributed by atoms with E-state index in [0.717, 1.165) is 21.9 Å². The maximum absolute atomic E-state index is 12.5. The normalized spacial score (nSPS) is 10.8. The first kappa shape index (κ1) is 20.7. The smallest absolute Gasteiger partial charge is 0.293 e. The van der Waals surface area contributed by atoms with Crippen LogP contribution < -0.4 is 15.4 Å². The molecule has 0 aliphatic carbocycles. The summed E-state index contributed by atoms with van der Waals surface area (Å²) in [4.78, 5) is 16.9. The number of hydrogen-bond acceptors (Lipinski definition) is 5. The minimum Gasteiger partial charge on any atom is -0.487 e. The number of hydrogen-bond donors (Lipinski definition) is 2. The van der Waals surface area contributed by atoms with Crippen molar-refractivity contribution in [1.82, 2.24) is 10.3 Å². The van der Waals surface area contributed by atoms with Gasteiger partial charge in [-0.25, -0.2) is 0 Å². The number of pyridine rings is 1. The summed E-state index contributed by atoms with van der Waals surface area (Å²) in [5.74, 6) is 0.431. The first-order valence-corrected chi connectivity index (χ1v) is 10.7. The fourth-order valence-electron chi connectivity index (χ4n) is 3.45. The first-order valence-electron chi connectivity index (χ1n) is 10.3. The van der Waals surface area contributed by atoms with Crippen LogP contribution in [-0.2, 0) is 6.61 Å². The van der Waals surface area contributed by atoms with Crippen LogP contribution in [0.25, 0.3) is 21.7 Å². The lowest BCUT2D eigenvalue weighted by Gasteiger charge is -2.11. The van der Waals surface area contributed by atoms with E-state index in [4.69, 9.17) is 21.4 Å². The first-order chi connectivity index (χ1) is 16.1. The number of rotatable bonds is 5. The zero-order valence-corrected chi connectivity index (χ0v) is 18.3. The molecule has 3 aromatic carbocycles. The molecule has 0 saturated heterocycles. The molecule has 2 aromatic heterocycles. The highest BCUT2D eigenvalue weighted by atomic mass is 32.1. The number of benzene rings is 3. The van der Waals surface area contributed by atoms with Crippen LogP contribution in [0, 0.1) is 0 Å². The van der Waals surface area contributed by atoms with Crippen LogP contribution in [0.1, 0.15) is 16.2 Å². The van der Waals surface area contributed by atoms with Crippen molar-refractivity contribution in [2.75, 3.05) is 5.32 Å². The van der Waals surface area contributed by atoms with Gasteiger partial charge in [-0.15, -0.1) is 0 Å². The summed E-state index contributed by atoms with van der Waals surface area (Å²) in [6.45, 7) is 0.335. The second kappa shape index (κ2) is 9.10. The second-order valence-electron chi connectivity index (χ2n) is 7.40. The molecule has 1 amide bonds. The van der Waals surface area contributed by atoms with Gasteiger partial charge < -0.3 is 14.5 Å². The maximum atomic E-state index is 12.5. The standard InChI is InChI=1S/C26H19N3O3S/c30-25(24-13-18-7-3-4-11-23(18)32-24)29-26(33)28-20-9-5-10-22(14-20)31-16-21-12-17-6-1-2-8-19(17)15-27-21/h1-15H,16H2,(H2,28,29,30,33). The molecule has 7 heteroatoms. The Morgan fingerprint density at radius 1 is 0.909 bits per heavy atom. The van der Waals surface area contributed by atoms with Gasteiger partial charge in [-0.1, -0.05) is 48.5 Å². The minimum absolute atomic E-state index is 0.161. The summed E-state index contributed by atoms with van der Waals surface area (Å²) in [6.07, 6.45) is 1.84. The van der Waals surface area contributed by atoms with Crippen LogP contribution in [0.15, 0.2) is 95.5 Å². The molecule has 162 valence electrons. The lowest BCUT2D eigenvalue weighted by Crippen LogP contribution is -2.33. The Morgan fingerprint density at radius 2 is 1.70 bits per heavy atom. The summed E-state index contributed by atoms with van der Waals surface area (Å²) >= 11 is 5.29. The number of ether oxygens (including phenoxy) is 1. The molecule has 0 aliphatic rings. The lowest BCUT2D eigenvalue weighted by atomic mass is 10.1. The molecule has 5 rings (SSSR count). The number of carbonyl (C=O) groups is 1. The molecule has 6 nitrogen and oxygen atoms in total. The van der Waals surface area contributed by atoms with Gasteiger partial charge in [-0.2, -0.15) is 0 Å². The van der Waals surface area contributed by atoms with Crippen molar-refractivity contribution in [3.8, 4) is 5.75 Å². The van der Waals surface area contributed by atoms with Crippen molar-refractivity contribution in [2.45, 2.75) is 6.61 Å². The number of aromatic nitrogens is 1. The summed E-state index contributed by atoms with van der Waals surface area (Å²) in [5, 5.41) is 8.86. The molecule has 0 atom stereocenters. The fraction of sp³-hybridized carbons (Fsp3) is 0.0385. The highest BCUT2D eigenvalue weighted by molar-refractivity contribution is 7.80. The van der Waals surface area contributed by atoms with Crippen LogP contribution >= 0.6 is 12.2 Å². The Bertz CT molecular complexity index is 1450. The zero-order valence-electron chi connectivity index (χ0n) is 17.4. The van der Waals surface area contributed by atoms with Gasteiger partial charge in [-0.05, 0) is 47.9 Å². The van der Waals surface area contributed by atoms with E-state index in [0.29, 0.717) is 23.6 Å². The highest BCUT2D eigenvalue weighted by Gasteiger charge is 2.13. The molecule has 2 N–H and O–H groups in total. The van der Waals surface area contributed by atoms with E-state index < -0.39 is 5.91 Å². The van der Waals surface area contributed by atoms with Crippen molar-refractivity contribution >= 4 is 50.7 Å². The highest BCUT2D eigenvalue weighted by Crippen LogP contribution is 2.21. The summed E-state index contributed by atoms with van der Waals surface area (Å²) < 4.78 is 11.5. The molecule has 33 heavy (non-hydrogen) atoms. The van der Waals surface area contributed by atoms with Crippen molar-refractivity contribution in [2.24, 2.45) is 0 Å². The third kappa shape index (κ3) is 4.83. The minimum atomic E-state index is -0.418. The fourth-order valence-corrected chi connectivity index (χ4v) is 3.66. The Labute approximate surface area is 195 Å². The topological polar surface area (TPSA) is 76.4 Å². The molecule has 0 bridgehead atoms. The van der Waals surface area contributed by atoms with Crippen LogP contribution in [-0.4, -0.2) is 16.0 Å². The third-order valence-electron chi connectivity index (χ3n) is 5.04. The molecular formula is C26H19N3O3S. The second-order valence-corrected chi connectivity index (χ2v) is 7.80. The van der Waals surface area contributed by atoms with Gasteiger partial charge in [0.1, 0.15) is 17.9 Å². The number of fused-ring (bicyclic) bond motifs is 2. The van der Waals surface area contributed by atoms with Gasteiger partial charge in [0.05, 0.1) is 5.69 Å². The van der Waals surface area contributed by atoms with Crippen LogP contribution in [0.3, 0.4) is 0 Å². The SMILES string of the molecule is O=C(NC(=S)Nc1cccc(OCc2cc3ccccc3cn2)c1)c1cc2ccccc2o1. The molecule has 5 aromatic rings. The number of furan rings is 1. The van der Waals surface area contributed by atoms with E-state index in [1.54, 1.807) is 12.1 Å². The van der Waals surface area contributed by atoms with Crippen molar-refractivity contribution in [3.63, 3.8) is 0 Å². The number of para-hydroxylation sites is 1. The van der Waals surface area contributed by atoms with E-state index in [-0.39, 0.29) is 10.9 Å². The van der Waals surface area contributed by atoms with Gasteiger partial charge in [0.15, 0.2) is 10.9 Å². The van der Waals surface area contributed by atoms with E-state index in [1.807, 2.05) is 79.0 Å². The van der Waals surface area contributed by atoms with E-state index in [9.17, 15) is 4.79 Å². The molecule has 0 spiro atoms. The van der Waals surface area contributed by atoms with Crippen LogP contribution in [0.2, 0.25) is 0 Å². The predicted molar refractivity (Wildman–Crippen MR) is 132 cm³/mol. The summed E-state index contributed by atoms with van der Waals surface area (Å²) in [6, 6.07) is 26.5. The quantitative estimate of drug-likeness (QED) is 0.333. The average molecular weight is 454 g/mol. The van der Waals surface area contributed by atoms with Crippen molar-refractivity contribution in [3.05, 3.63) is 103 Å². The molecule has 2 heterocycles. The Kier molecular flexibility index (Phi) is 5.70. The summed E-state index contributed by atoms with van der Waals surface area (Å²) in [7, 11) is 0. The number of nitrogens with zero attached hydrogens (tertiary/aromatic N) is 1. The largest absolute Gasteiger partial charge is 0.487 e. The Balaban J connectivity index is 1.20. The number of anilines is 1. The monoisotopic (exact) mass is 453 g/mol. The number of thiocarbonyl (C=S) groups is 1. The molecular weight excluding hydrogens is 434 g/mol. The van der Waals surface area contributed by atoms with Gasteiger partial charge in [0.2, 0.25) is 0 Å². The molecule has 0 unspecified atom stereocenters. The van der Waals surface area contributed by atoms with Gasteiger partial charge >= 0.3 is 0 Å². The molecule has 0 fully saturated rings. The van der Waals surface area contributed by atoms with Crippen LogP contribution in [0.4, 0.5) is 5.69 Å². The number of amides is 1. The van der Waals surface area contributed by atoms with Gasteiger partial charge in [-0.3, -0.25) is 15.1 Å². The average Bonchev–Trinajstić information content (AvgIpc) is 3.27. The third-order valence-corrected chi connectivity index (χ3v) is 5.25. The lowest BCUT2D eigenvalue weighted by molar-refractivity contribution is 0.0953. The molecule has 0 aliphatic heterocycles. The Hall–Kier alpha value is -4.23. The van der Waals surface area contributed by atoms with Gasteiger partial charge in [0, 0.05) is 28.7 Å². The van der Waals surface area contributed by atoms with Gasteiger partial charge in [0.25, 0.3) is 5.91 Å². The van der Waals surface area contributed by atoms with Crippen molar-refractivity contribution < 1.29 is 13.9 Å². The van der Waals surface area contributed by atoms with E-state index >= 15 is 0 Å². The summed E-state index contributed by atoms with van der Waals surface area (Å²) in [5.41, 5.74) is 2.17. The van der Waals surface area contributed by atoms with E-state index in [1.165, 1.54) is 0 Å². The number of carbonyl (C=O) groups excluding carboxylic acids is 1.